The molecule has 0 bridgehead atoms. The second kappa shape index (κ2) is 5.82. The van der Waals surface area contributed by atoms with Crippen LogP contribution >= 0.6 is 0 Å². The molecule has 0 saturated heterocycles. The van der Waals surface area contributed by atoms with Crippen molar-refractivity contribution in [2.45, 2.75) is 33.5 Å². The summed E-state index contributed by atoms with van der Waals surface area (Å²) < 4.78 is 10.4. The highest BCUT2D eigenvalue weighted by molar-refractivity contribution is 5.75. The standard InChI is InChI=1S/C14H20O3/c1-14(2,3)12(16-4)13(15)17-10-11-8-6-5-7-9-11/h5-9,12H,10H2,1-4H3. The molecule has 94 valence electrons. The molecule has 0 fully saturated rings. The van der Waals surface area contributed by atoms with Crippen LogP contribution in [0.15, 0.2) is 30.3 Å². The van der Waals surface area contributed by atoms with Gasteiger partial charge < -0.3 is 9.47 Å². The van der Waals surface area contributed by atoms with Crippen molar-refractivity contribution in [1.29, 1.82) is 0 Å². The number of methoxy groups -OCH3 is 1. The summed E-state index contributed by atoms with van der Waals surface area (Å²) in [6.07, 6.45) is -0.536. The SMILES string of the molecule is COC(C(=O)OCc1ccccc1)C(C)(C)C. The molecular formula is C14H20O3. The van der Waals surface area contributed by atoms with Gasteiger partial charge in [0.1, 0.15) is 6.61 Å². The quantitative estimate of drug-likeness (QED) is 0.754. The highest BCUT2D eigenvalue weighted by atomic mass is 16.6. The Hall–Kier alpha value is -1.35. The van der Waals surface area contributed by atoms with E-state index in [9.17, 15) is 4.79 Å². The van der Waals surface area contributed by atoms with Gasteiger partial charge in [0.25, 0.3) is 0 Å². The third-order valence-electron chi connectivity index (χ3n) is 2.46. The summed E-state index contributed by atoms with van der Waals surface area (Å²) in [5.74, 6) is -0.316. The lowest BCUT2D eigenvalue weighted by molar-refractivity contribution is -0.163. The first kappa shape index (κ1) is 13.7. The van der Waals surface area contributed by atoms with E-state index < -0.39 is 6.10 Å². The molecule has 0 amide bonds. The van der Waals surface area contributed by atoms with Crippen molar-refractivity contribution < 1.29 is 14.3 Å². The molecule has 1 rings (SSSR count). The number of carbonyl (C=O) groups excluding carboxylic acids is 1. The van der Waals surface area contributed by atoms with Crippen LogP contribution in [0.3, 0.4) is 0 Å². The molecule has 0 aliphatic carbocycles. The fourth-order valence-corrected chi connectivity index (χ4v) is 1.61. The number of benzene rings is 1. The first-order valence-corrected chi connectivity index (χ1v) is 5.68. The molecule has 17 heavy (non-hydrogen) atoms. The predicted octanol–water partition coefficient (Wildman–Crippen LogP) is 2.79. The van der Waals surface area contributed by atoms with Gasteiger partial charge in [0.15, 0.2) is 6.10 Å². The maximum Gasteiger partial charge on any atom is 0.336 e. The van der Waals surface area contributed by atoms with Crippen LogP contribution in [-0.4, -0.2) is 19.2 Å². The van der Waals surface area contributed by atoms with Gasteiger partial charge in [0, 0.05) is 7.11 Å². The van der Waals surface area contributed by atoms with Crippen molar-refractivity contribution in [2.24, 2.45) is 5.41 Å². The van der Waals surface area contributed by atoms with E-state index in [1.165, 1.54) is 7.11 Å². The average molecular weight is 236 g/mol. The van der Waals surface area contributed by atoms with Crippen molar-refractivity contribution in [1.82, 2.24) is 0 Å². The van der Waals surface area contributed by atoms with Crippen LogP contribution in [0.1, 0.15) is 26.3 Å². The van der Waals surface area contributed by atoms with Crippen LogP contribution in [0, 0.1) is 5.41 Å². The number of rotatable bonds is 4. The largest absolute Gasteiger partial charge is 0.459 e. The average Bonchev–Trinajstić information content (AvgIpc) is 2.27. The van der Waals surface area contributed by atoms with Crippen LogP contribution < -0.4 is 0 Å². The summed E-state index contributed by atoms with van der Waals surface area (Å²) in [5.41, 5.74) is 0.715. The summed E-state index contributed by atoms with van der Waals surface area (Å²) in [6.45, 7) is 6.14. The second-order valence-electron chi connectivity index (χ2n) is 5.08. The van der Waals surface area contributed by atoms with E-state index in [0.717, 1.165) is 5.56 Å². The van der Waals surface area contributed by atoms with Crippen molar-refractivity contribution >= 4 is 5.97 Å². The number of carbonyl (C=O) groups is 1. The maximum atomic E-state index is 11.8. The summed E-state index contributed by atoms with van der Waals surface area (Å²) in [7, 11) is 1.53. The Morgan fingerprint density at radius 1 is 1.24 bits per heavy atom. The molecule has 0 aliphatic rings. The van der Waals surface area contributed by atoms with E-state index in [0.29, 0.717) is 0 Å². The molecule has 0 heterocycles. The third-order valence-corrected chi connectivity index (χ3v) is 2.46. The fraction of sp³-hybridized carbons (Fsp3) is 0.500. The molecule has 1 atom stereocenters. The van der Waals surface area contributed by atoms with Crippen molar-refractivity contribution in [3.63, 3.8) is 0 Å². The molecule has 3 heteroatoms. The van der Waals surface area contributed by atoms with E-state index in [4.69, 9.17) is 9.47 Å². The van der Waals surface area contributed by atoms with Crippen molar-refractivity contribution in [3.05, 3.63) is 35.9 Å². The fourth-order valence-electron chi connectivity index (χ4n) is 1.61. The van der Waals surface area contributed by atoms with Gasteiger partial charge in [-0.15, -0.1) is 0 Å². The van der Waals surface area contributed by atoms with Crippen LogP contribution in [0.2, 0.25) is 0 Å². The highest BCUT2D eigenvalue weighted by Crippen LogP contribution is 2.23. The number of ether oxygens (including phenoxy) is 2. The number of esters is 1. The Bertz CT molecular complexity index is 351. The van der Waals surface area contributed by atoms with E-state index in [-0.39, 0.29) is 18.0 Å². The molecular weight excluding hydrogens is 216 g/mol. The molecule has 0 saturated carbocycles. The number of hydrogen-bond acceptors (Lipinski definition) is 3. The summed E-state index contributed by atoms with van der Waals surface area (Å²) in [4.78, 5) is 11.8. The zero-order valence-corrected chi connectivity index (χ0v) is 10.9. The van der Waals surface area contributed by atoms with Gasteiger partial charge in [-0.3, -0.25) is 0 Å². The highest BCUT2D eigenvalue weighted by Gasteiger charge is 2.32. The predicted molar refractivity (Wildman–Crippen MR) is 66.5 cm³/mol. The summed E-state index contributed by atoms with van der Waals surface area (Å²) >= 11 is 0. The molecule has 3 nitrogen and oxygen atoms in total. The van der Waals surface area contributed by atoms with Gasteiger partial charge in [-0.05, 0) is 11.0 Å². The Morgan fingerprint density at radius 3 is 2.29 bits per heavy atom. The lowest BCUT2D eigenvalue weighted by atomic mass is 9.89. The summed E-state index contributed by atoms with van der Waals surface area (Å²) in [5, 5.41) is 0. The van der Waals surface area contributed by atoms with E-state index in [2.05, 4.69) is 0 Å². The topological polar surface area (TPSA) is 35.5 Å². The maximum absolute atomic E-state index is 11.8. The molecule has 1 aromatic carbocycles. The normalized spacial score (nSPS) is 13.2. The van der Waals surface area contributed by atoms with Gasteiger partial charge in [-0.1, -0.05) is 51.1 Å². The molecule has 0 aliphatic heterocycles. The van der Waals surface area contributed by atoms with Gasteiger partial charge in [0.2, 0.25) is 0 Å². The molecule has 1 aromatic rings. The zero-order chi connectivity index (χ0) is 12.9. The van der Waals surface area contributed by atoms with Gasteiger partial charge in [-0.2, -0.15) is 0 Å². The first-order valence-electron chi connectivity index (χ1n) is 5.68. The molecule has 0 radical (unpaired) electrons. The Morgan fingerprint density at radius 2 is 1.82 bits per heavy atom. The smallest absolute Gasteiger partial charge is 0.336 e. The molecule has 0 aromatic heterocycles. The Kier molecular flexibility index (Phi) is 4.70. The molecule has 0 spiro atoms. The summed E-state index contributed by atoms with van der Waals surface area (Å²) in [6, 6.07) is 9.61. The molecule has 0 N–H and O–H groups in total. The van der Waals surface area contributed by atoms with Gasteiger partial charge in [0.05, 0.1) is 0 Å². The minimum absolute atomic E-state index is 0.261. The number of hydrogen-bond donors (Lipinski definition) is 0. The second-order valence-corrected chi connectivity index (χ2v) is 5.08. The van der Waals surface area contributed by atoms with Gasteiger partial charge >= 0.3 is 5.97 Å². The van der Waals surface area contributed by atoms with E-state index >= 15 is 0 Å². The van der Waals surface area contributed by atoms with Crippen LogP contribution in [0.5, 0.6) is 0 Å². The first-order chi connectivity index (χ1) is 7.95. The third kappa shape index (κ3) is 4.19. The van der Waals surface area contributed by atoms with Crippen LogP contribution in [0.25, 0.3) is 0 Å². The van der Waals surface area contributed by atoms with Gasteiger partial charge in [-0.25, -0.2) is 4.79 Å². The Labute approximate surface area is 103 Å². The lowest BCUT2D eigenvalue weighted by Gasteiger charge is -2.27. The van der Waals surface area contributed by atoms with E-state index in [1.54, 1.807) is 0 Å². The minimum Gasteiger partial charge on any atom is -0.459 e. The zero-order valence-electron chi connectivity index (χ0n) is 10.9. The van der Waals surface area contributed by atoms with Crippen LogP contribution in [0.4, 0.5) is 0 Å². The van der Waals surface area contributed by atoms with Crippen molar-refractivity contribution in [2.75, 3.05) is 7.11 Å². The Balaban J connectivity index is 2.55. The van der Waals surface area contributed by atoms with E-state index in [1.807, 2.05) is 51.1 Å². The molecule has 1 unspecified atom stereocenters. The van der Waals surface area contributed by atoms with Crippen LogP contribution in [-0.2, 0) is 20.9 Å². The monoisotopic (exact) mass is 236 g/mol. The van der Waals surface area contributed by atoms with Crippen molar-refractivity contribution in [3.8, 4) is 0 Å². The lowest BCUT2D eigenvalue weighted by Crippen LogP contribution is -2.37. The minimum atomic E-state index is -0.536.